The van der Waals surface area contributed by atoms with Gasteiger partial charge < -0.3 is 5.32 Å². The second-order valence-corrected chi connectivity index (χ2v) is 5.19. The molecule has 1 aliphatic carbocycles. The highest BCUT2D eigenvalue weighted by atomic mass is 19.4. The van der Waals surface area contributed by atoms with Gasteiger partial charge in [0.1, 0.15) is 5.82 Å². The Morgan fingerprint density at radius 1 is 1.24 bits per heavy atom. The van der Waals surface area contributed by atoms with Crippen molar-refractivity contribution >= 4 is 0 Å². The lowest BCUT2D eigenvalue weighted by Gasteiger charge is -2.25. The third-order valence-corrected chi connectivity index (χ3v) is 3.69. The zero-order valence-corrected chi connectivity index (χ0v) is 11.2. The van der Waals surface area contributed by atoms with Gasteiger partial charge in [-0.1, -0.05) is 24.3 Å². The minimum Gasteiger partial charge on any atom is -0.307 e. The number of nitrogens with one attached hydrogen (secondary N) is 2. The van der Waals surface area contributed by atoms with Gasteiger partial charge >= 0.3 is 6.18 Å². The molecule has 0 amide bonds. The highest BCUT2D eigenvalue weighted by molar-refractivity contribution is 5.30. The van der Waals surface area contributed by atoms with Crippen LogP contribution in [0.3, 0.4) is 0 Å². The van der Waals surface area contributed by atoms with Crippen molar-refractivity contribution in [1.82, 2.24) is 20.5 Å². The smallest absolute Gasteiger partial charge is 0.307 e. The first-order valence-electron chi connectivity index (χ1n) is 6.81. The summed E-state index contributed by atoms with van der Waals surface area (Å²) in [5.41, 5.74) is 2.66. The zero-order chi connectivity index (χ0) is 14.9. The van der Waals surface area contributed by atoms with E-state index in [9.17, 15) is 13.2 Å². The molecule has 4 nitrogen and oxygen atoms in total. The molecule has 1 aromatic carbocycles. The second-order valence-electron chi connectivity index (χ2n) is 5.19. The van der Waals surface area contributed by atoms with Gasteiger partial charge in [-0.25, -0.2) is 4.98 Å². The van der Waals surface area contributed by atoms with Gasteiger partial charge in [0.25, 0.3) is 5.82 Å². The molecule has 0 unspecified atom stereocenters. The quantitative estimate of drug-likeness (QED) is 0.915. The van der Waals surface area contributed by atoms with Crippen LogP contribution in [0.2, 0.25) is 0 Å². The van der Waals surface area contributed by atoms with Crippen LogP contribution in [0.15, 0.2) is 24.3 Å². The maximum atomic E-state index is 12.4. The number of nitrogens with zero attached hydrogens (tertiary/aromatic N) is 2. The molecule has 0 fully saturated rings. The molecular weight excluding hydrogens is 281 g/mol. The number of benzene rings is 1. The molecule has 0 saturated carbocycles. The molecule has 1 heterocycles. The first-order valence-corrected chi connectivity index (χ1v) is 6.81. The molecule has 2 aromatic rings. The lowest BCUT2D eigenvalue weighted by atomic mass is 9.88. The van der Waals surface area contributed by atoms with Crippen molar-refractivity contribution in [1.29, 1.82) is 0 Å². The van der Waals surface area contributed by atoms with E-state index >= 15 is 0 Å². The summed E-state index contributed by atoms with van der Waals surface area (Å²) in [7, 11) is 0. The molecule has 21 heavy (non-hydrogen) atoms. The first-order chi connectivity index (χ1) is 10.0. The summed E-state index contributed by atoms with van der Waals surface area (Å²) < 4.78 is 37.2. The average molecular weight is 296 g/mol. The molecule has 112 valence electrons. The van der Waals surface area contributed by atoms with E-state index < -0.39 is 12.0 Å². The lowest BCUT2D eigenvalue weighted by molar-refractivity contribution is -0.144. The predicted molar refractivity (Wildman–Crippen MR) is 70.5 cm³/mol. The summed E-state index contributed by atoms with van der Waals surface area (Å²) >= 11 is 0. The van der Waals surface area contributed by atoms with Crippen molar-refractivity contribution in [2.45, 2.75) is 38.0 Å². The van der Waals surface area contributed by atoms with E-state index in [2.05, 4.69) is 32.6 Å². The number of aromatic amines is 1. The van der Waals surface area contributed by atoms with Crippen molar-refractivity contribution in [3.05, 3.63) is 47.0 Å². The molecule has 1 aliphatic rings. The van der Waals surface area contributed by atoms with Gasteiger partial charge in [-0.3, -0.25) is 5.10 Å². The normalized spacial score (nSPS) is 18.5. The maximum absolute atomic E-state index is 12.4. The third-order valence-electron chi connectivity index (χ3n) is 3.69. The van der Waals surface area contributed by atoms with Crippen LogP contribution in [0.5, 0.6) is 0 Å². The van der Waals surface area contributed by atoms with Gasteiger partial charge in [0.2, 0.25) is 0 Å². The number of hydrogen-bond acceptors (Lipinski definition) is 3. The number of halogens is 3. The van der Waals surface area contributed by atoms with Crippen molar-refractivity contribution in [3.8, 4) is 0 Å². The van der Waals surface area contributed by atoms with E-state index in [1.807, 2.05) is 12.1 Å². The van der Waals surface area contributed by atoms with E-state index in [1.54, 1.807) is 0 Å². The van der Waals surface area contributed by atoms with Crippen LogP contribution >= 0.6 is 0 Å². The summed E-state index contributed by atoms with van der Waals surface area (Å²) in [6.45, 7) is 0.260. The number of H-pyrrole nitrogens is 1. The molecule has 2 N–H and O–H groups in total. The van der Waals surface area contributed by atoms with Crippen LogP contribution < -0.4 is 5.32 Å². The predicted octanol–water partition coefficient (Wildman–Crippen LogP) is 2.47. The number of alkyl halides is 3. The molecule has 3 rings (SSSR count). The van der Waals surface area contributed by atoms with Gasteiger partial charge in [0.15, 0.2) is 0 Å². The Bertz CT molecular complexity index is 621. The second kappa shape index (κ2) is 5.48. The fraction of sp³-hybridized carbons (Fsp3) is 0.429. The van der Waals surface area contributed by atoms with Crippen LogP contribution in [0.1, 0.15) is 29.2 Å². The van der Waals surface area contributed by atoms with E-state index in [0.29, 0.717) is 0 Å². The summed E-state index contributed by atoms with van der Waals surface area (Å²) in [6.07, 6.45) is -1.66. The highest BCUT2D eigenvalue weighted by Gasteiger charge is 2.36. The Balaban J connectivity index is 1.58. The van der Waals surface area contributed by atoms with E-state index in [-0.39, 0.29) is 18.4 Å². The molecule has 1 atom stereocenters. The monoisotopic (exact) mass is 296 g/mol. The van der Waals surface area contributed by atoms with Crippen molar-refractivity contribution < 1.29 is 13.2 Å². The summed E-state index contributed by atoms with van der Waals surface area (Å²) in [5, 5.41) is 8.76. The Hall–Kier alpha value is -1.89. The molecule has 7 heteroatoms. The molecule has 1 aromatic heterocycles. The lowest BCUT2D eigenvalue weighted by Crippen LogP contribution is -2.34. The van der Waals surface area contributed by atoms with Gasteiger partial charge in [-0.05, 0) is 30.4 Å². The number of fused-ring (bicyclic) bond motifs is 1. The number of aromatic nitrogens is 3. The van der Waals surface area contributed by atoms with Crippen molar-refractivity contribution in [2.24, 2.45) is 0 Å². The Morgan fingerprint density at radius 3 is 2.71 bits per heavy atom. The number of aryl methyl sites for hydroxylation is 1. The van der Waals surface area contributed by atoms with Crippen LogP contribution in [-0.4, -0.2) is 21.2 Å². The molecule has 0 aliphatic heterocycles. The summed E-state index contributed by atoms with van der Waals surface area (Å²) in [5.74, 6) is -0.908. The van der Waals surface area contributed by atoms with Crippen LogP contribution in [-0.2, 0) is 25.6 Å². The van der Waals surface area contributed by atoms with Gasteiger partial charge in [0, 0.05) is 6.04 Å². The van der Waals surface area contributed by atoms with Gasteiger partial charge in [0.05, 0.1) is 6.54 Å². The van der Waals surface area contributed by atoms with E-state index in [1.165, 1.54) is 11.1 Å². The topological polar surface area (TPSA) is 53.6 Å². The van der Waals surface area contributed by atoms with Gasteiger partial charge in [-0.2, -0.15) is 13.2 Å². The molecule has 0 saturated heterocycles. The fourth-order valence-electron chi connectivity index (χ4n) is 2.61. The molecular formula is C14H15F3N4. The average Bonchev–Trinajstić information content (AvgIpc) is 2.94. The zero-order valence-electron chi connectivity index (χ0n) is 11.2. The number of rotatable bonds is 3. The Morgan fingerprint density at radius 2 is 2.00 bits per heavy atom. The highest BCUT2D eigenvalue weighted by Crippen LogP contribution is 2.25. The standard InChI is InChI=1S/C14H15F3N4/c15-14(16,17)13-19-12(20-21-13)8-18-11-6-5-9-3-1-2-4-10(9)7-11/h1-4,11,18H,5-8H2,(H,19,20,21)/t11-/m1/s1. The molecule has 0 spiro atoms. The van der Waals surface area contributed by atoms with E-state index in [0.717, 1.165) is 19.3 Å². The summed E-state index contributed by atoms with van der Waals surface area (Å²) in [4.78, 5) is 3.46. The van der Waals surface area contributed by atoms with Crippen LogP contribution in [0.25, 0.3) is 0 Å². The Labute approximate surface area is 119 Å². The SMILES string of the molecule is FC(F)(F)c1n[nH]c(CN[C@@H]2CCc3ccccc3C2)n1. The fourth-order valence-corrected chi connectivity index (χ4v) is 2.61. The van der Waals surface area contributed by atoms with Crippen LogP contribution in [0, 0.1) is 0 Å². The number of hydrogen-bond donors (Lipinski definition) is 2. The maximum Gasteiger partial charge on any atom is 0.453 e. The van der Waals surface area contributed by atoms with Crippen LogP contribution in [0.4, 0.5) is 13.2 Å². The third kappa shape index (κ3) is 3.24. The minimum absolute atomic E-state index is 0.209. The van der Waals surface area contributed by atoms with Crippen molar-refractivity contribution in [3.63, 3.8) is 0 Å². The van der Waals surface area contributed by atoms with E-state index in [4.69, 9.17) is 0 Å². The minimum atomic E-state index is -4.50. The summed E-state index contributed by atoms with van der Waals surface area (Å²) in [6, 6.07) is 8.50. The Kier molecular flexibility index (Phi) is 3.67. The molecule has 0 radical (unpaired) electrons. The first kappa shape index (κ1) is 14.1. The van der Waals surface area contributed by atoms with Gasteiger partial charge in [-0.15, -0.1) is 5.10 Å². The molecule has 0 bridgehead atoms. The largest absolute Gasteiger partial charge is 0.453 e. The van der Waals surface area contributed by atoms with Crippen molar-refractivity contribution in [2.75, 3.05) is 0 Å².